The van der Waals surface area contributed by atoms with Crippen molar-refractivity contribution in [2.45, 2.75) is 49.8 Å². The Balaban J connectivity index is 1.43. The number of carbonyl (C=O) groups is 1. The van der Waals surface area contributed by atoms with Crippen LogP contribution in [0.1, 0.15) is 50.4 Å². The Bertz CT molecular complexity index is 1430. The van der Waals surface area contributed by atoms with Crippen LogP contribution in [0.5, 0.6) is 5.75 Å². The van der Waals surface area contributed by atoms with Crippen LogP contribution in [-0.4, -0.2) is 65.5 Å². The Morgan fingerprint density at radius 1 is 1.15 bits per heavy atom. The van der Waals surface area contributed by atoms with Crippen LogP contribution in [0.3, 0.4) is 0 Å². The molecule has 13 heteroatoms. The lowest BCUT2D eigenvalue weighted by Crippen LogP contribution is -2.52. The van der Waals surface area contributed by atoms with Gasteiger partial charge < -0.3 is 14.4 Å². The van der Waals surface area contributed by atoms with Gasteiger partial charge in [-0.1, -0.05) is 18.2 Å². The molecular formula is C26H30FN5O5S2. The number of halogens is 1. The summed E-state index contributed by atoms with van der Waals surface area (Å²) in [6.45, 7) is 7.25. The Morgan fingerprint density at radius 3 is 2.62 bits per heavy atom. The number of amides is 1. The molecule has 0 saturated carbocycles. The number of aromatic nitrogens is 2. The lowest BCUT2D eigenvalue weighted by molar-refractivity contribution is -0.0104. The van der Waals surface area contributed by atoms with Gasteiger partial charge in [-0.3, -0.25) is 9.62 Å². The van der Waals surface area contributed by atoms with Crippen LogP contribution in [0.25, 0.3) is 0 Å². The summed E-state index contributed by atoms with van der Waals surface area (Å²) < 4.78 is 57.4. The first-order chi connectivity index (χ1) is 18.5. The van der Waals surface area contributed by atoms with Crippen LogP contribution in [-0.2, 0) is 14.8 Å². The van der Waals surface area contributed by atoms with E-state index in [9.17, 15) is 17.6 Å². The number of nitrogens with one attached hydrogen (secondary N) is 1. The molecule has 3 heterocycles. The average Bonchev–Trinajstić information content (AvgIpc) is 3.39. The standard InChI is InChI=1S/C26H30FN5O5S2/c1-26(2,3)37-25(33)31-11-12-32(22(15-31)17-4-6-18(27)7-5-17)21-10-13-36-23-14-19(8-9-20(21)23)39(34,35)30-24-28-16-29-38-24/h4-9,14,16,21-22H,10-13,15H2,1-3H3,(H,28,29,30)/t21-,22-/m0/s1. The molecule has 10 nitrogen and oxygen atoms in total. The maximum Gasteiger partial charge on any atom is 0.410 e. The molecule has 0 aliphatic carbocycles. The smallest absolute Gasteiger partial charge is 0.410 e. The molecule has 5 rings (SSSR count). The van der Waals surface area contributed by atoms with Crippen molar-refractivity contribution >= 4 is 32.8 Å². The third kappa shape index (κ3) is 6.15. The second-order valence-corrected chi connectivity index (χ2v) is 12.9. The second-order valence-electron chi connectivity index (χ2n) is 10.4. The quantitative estimate of drug-likeness (QED) is 0.470. The SMILES string of the molecule is CC(C)(C)OC(=O)N1CCN([C@H]2CCOc3cc(S(=O)(=O)Nc4ncns4)ccc32)[C@H](c2ccc(F)cc2)C1. The molecule has 208 valence electrons. The van der Waals surface area contributed by atoms with Crippen LogP contribution in [0.2, 0.25) is 0 Å². The second kappa shape index (κ2) is 10.7. The molecule has 1 fully saturated rings. The molecule has 3 aromatic rings. The predicted octanol–water partition coefficient (Wildman–Crippen LogP) is 4.60. The molecule has 0 radical (unpaired) electrons. The van der Waals surface area contributed by atoms with E-state index in [0.29, 0.717) is 38.4 Å². The predicted molar refractivity (Wildman–Crippen MR) is 144 cm³/mol. The summed E-state index contributed by atoms with van der Waals surface area (Å²) in [5, 5.41) is 0.177. The molecule has 2 aromatic carbocycles. The van der Waals surface area contributed by atoms with Crippen molar-refractivity contribution in [3.8, 4) is 5.75 Å². The highest BCUT2D eigenvalue weighted by atomic mass is 32.2. The first kappa shape index (κ1) is 27.3. The van der Waals surface area contributed by atoms with Crippen LogP contribution < -0.4 is 9.46 Å². The number of ether oxygens (including phenoxy) is 2. The monoisotopic (exact) mass is 575 g/mol. The summed E-state index contributed by atoms with van der Waals surface area (Å²) in [6.07, 6.45) is 1.56. The number of carbonyl (C=O) groups excluding carboxylic acids is 1. The zero-order valence-electron chi connectivity index (χ0n) is 21.8. The molecule has 0 spiro atoms. The number of benzene rings is 2. The molecule has 2 atom stereocenters. The number of piperazine rings is 1. The number of hydrogen-bond donors (Lipinski definition) is 1. The number of hydrogen-bond acceptors (Lipinski definition) is 9. The lowest BCUT2D eigenvalue weighted by atomic mass is 9.93. The van der Waals surface area contributed by atoms with E-state index in [1.54, 1.807) is 29.2 Å². The van der Waals surface area contributed by atoms with Crippen molar-refractivity contribution in [3.63, 3.8) is 0 Å². The number of fused-ring (bicyclic) bond motifs is 1. The summed E-state index contributed by atoms with van der Waals surface area (Å²) in [5.41, 5.74) is 1.11. The molecule has 1 aromatic heterocycles. The van der Waals surface area contributed by atoms with Gasteiger partial charge in [-0.05, 0) is 44.5 Å². The van der Waals surface area contributed by atoms with E-state index in [-0.39, 0.29) is 34.0 Å². The molecule has 0 unspecified atom stereocenters. The van der Waals surface area contributed by atoms with Crippen LogP contribution in [0.4, 0.5) is 14.3 Å². The zero-order valence-corrected chi connectivity index (χ0v) is 23.5. The minimum Gasteiger partial charge on any atom is -0.493 e. The molecule has 1 saturated heterocycles. The first-order valence-electron chi connectivity index (χ1n) is 12.6. The average molecular weight is 576 g/mol. The molecule has 39 heavy (non-hydrogen) atoms. The van der Waals surface area contributed by atoms with Crippen molar-refractivity contribution in [2.75, 3.05) is 31.0 Å². The van der Waals surface area contributed by atoms with Gasteiger partial charge in [0.05, 0.1) is 17.5 Å². The van der Waals surface area contributed by atoms with E-state index < -0.39 is 15.6 Å². The number of nitrogens with zero attached hydrogens (tertiary/aromatic N) is 4. The Morgan fingerprint density at radius 2 is 1.92 bits per heavy atom. The highest BCUT2D eigenvalue weighted by molar-refractivity contribution is 7.93. The van der Waals surface area contributed by atoms with Gasteiger partial charge in [-0.25, -0.2) is 22.6 Å². The maximum absolute atomic E-state index is 13.8. The van der Waals surface area contributed by atoms with E-state index in [0.717, 1.165) is 22.7 Å². The molecule has 0 bridgehead atoms. The number of rotatable bonds is 5. The van der Waals surface area contributed by atoms with Gasteiger partial charge in [-0.15, -0.1) is 0 Å². The molecule has 1 N–H and O–H groups in total. The van der Waals surface area contributed by atoms with Crippen LogP contribution in [0.15, 0.2) is 53.7 Å². The lowest BCUT2D eigenvalue weighted by Gasteiger charge is -2.46. The van der Waals surface area contributed by atoms with Crippen molar-refractivity contribution in [3.05, 3.63) is 65.7 Å². The van der Waals surface area contributed by atoms with Crippen LogP contribution >= 0.6 is 11.5 Å². The fourth-order valence-corrected chi connectivity index (χ4v) is 6.58. The third-order valence-electron chi connectivity index (χ3n) is 6.61. The number of anilines is 1. The minimum absolute atomic E-state index is 0.0573. The van der Waals surface area contributed by atoms with E-state index in [1.165, 1.54) is 24.5 Å². The van der Waals surface area contributed by atoms with E-state index in [2.05, 4.69) is 19.0 Å². The van der Waals surface area contributed by atoms with E-state index >= 15 is 0 Å². The van der Waals surface area contributed by atoms with Gasteiger partial charge in [0, 0.05) is 55.3 Å². The summed E-state index contributed by atoms with van der Waals surface area (Å²) >= 11 is 0.947. The fourth-order valence-electron chi connectivity index (χ4n) is 4.90. The summed E-state index contributed by atoms with van der Waals surface area (Å²) in [5.74, 6) is 0.149. The summed E-state index contributed by atoms with van der Waals surface area (Å²) in [4.78, 5) is 20.8. The molecule has 1 amide bonds. The van der Waals surface area contributed by atoms with Gasteiger partial charge in [-0.2, -0.15) is 4.37 Å². The van der Waals surface area contributed by atoms with Crippen molar-refractivity contribution in [1.82, 2.24) is 19.2 Å². The van der Waals surface area contributed by atoms with E-state index in [4.69, 9.17) is 9.47 Å². The van der Waals surface area contributed by atoms with Gasteiger partial charge in [0.25, 0.3) is 10.0 Å². The topological polar surface area (TPSA) is 114 Å². The molecule has 2 aliphatic rings. The normalized spacial score (nSPS) is 20.2. The third-order valence-corrected chi connectivity index (χ3v) is 8.66. The first-order valence-corrected chi connectivity index (χ1v) is 14.8. The Hall–Kier alpha value is -3.29. The van der Waals surface area contributed by atoms with Gasteiger partial charge >= 0.3 is 6.09 Å². The highest BCUT2D eigenvalue weighted by Gasteiger charge is 2.39. The van der Waals surface area contributed by atoms with Gasteiger partial charge in [0.2, 0.25) is 5.13 Å². The minimum atomic E-state index is -3.88. The molecular weight excluding hydrogens is 545 g/mol. The van der Waals surface area contributed by atoms with Gasteiger partial charge in [0.1, 0.15) is 23.5 Å². The van der Waals surface area contributed by atoms with E-state index in [1.807, 2.05) is 20.8 Å². The zero-order chi connectivity index (χ0) is 27.8. The largest absolute Gasteiger partial charge is 0.493 e. The number of sulfonamides is 1. The fraction of sp³-hybridized carbons (Fsp3) is 0.423. The van der Waals surface area contributed by atoms with Gasteiger partial charge in [0.15, 0.2) is 0 Å². The van der Waals surface area contributed by atoms with Crippen molar-refractivity contribution in [1.29, 1.82) is 0 Å². The summed E-state index contributed by atoms with van der Waals surface area (Å²) in [6, 6.07) is 10.8. The molecule has 2 aliphatic heterocycles. The van der Waals surface area contributed by atoms with Crippen molar-refractivity contribution in [2.24, 2.45) is 0 Å². The van der Waals surface area contributed by atoms with Crippen molar-refractivity contribution < 1.29 is 27.1 Å². The Kier molecular flexibility index (Phi) is 7.49. The maximum atomic E-state index is 13.8. The summed E-state index contributed by atoms with van der Waals surface area (Å²) in [7, 11) is -3.88. The highest BCUT2D eigenvalue weighted by Crippen LogP contribution is 2.42. The Labute approximate surface area is 231 Å². The van der Waals surface area contributed by atoms with Crippen LogP contribution in [0, 0.1) is 5.82 Å².